The summed E-state index contributed by atoms with van der Waals surface area (Å²) in [4.78, 5) is 25.9. The van der Waals surface area contributed by atoms with Gasteiger partial charge in [-0.25, -0.2) is 0 Å². The maximum atomic E-state index is 13.1. The molecule has 0 saturated heterocycles. The number of anilines is 3. The number of nitrogens with zero attached hydrogens (tertiary/aromatic N) is 2. The predicted molar refractivity (Wildman–Crippen MR) is 141 cm³/mol. The zero-order valence-electron chi connectivity index (χ0n) is 20.5. The molecule has 4 saturated carbocycles. The van der Waals surface area contributed by atoms with Crippen LogP contribution in [0.25, 0.3) is 0 Å². The van der Waals surface area contributed by atoms with Crippen molar-refractivity contribution in [3.8, 4) is 0 Å². The normalized spacial score (nSPS) is 28.0. The second-order valence-corrected chi connectivity index (χ2v) is 10.9. The molecule has 3 aromatic carbocycles. The Hall–Kier alpha value is -3.47. The quantitative estimate of drug-likeness (QED) is 0.192. The Morgan fingerprint density at radius 3 is 2.06 bits per heavy atom. The molecule has 0 spiro atoms. The molecule has 4 aliphatic carbocycles. The van der Waals surface area contributed by atoms with Crippen molar-refractivity contribution >= 4 is 23.0 Å². The molecule has 2 unspecified atom stereocenters. The third kappa shape index (κ3) is 4.11. The van der Waals surface area contributed by atoms with Crippen LogP contribution >= 0.6 is 0 Å². The predicted octanol–water partition coefficient (Wildman–Crippen LogP) is 7.38. The lowest BCUT2D eigenvalue weighted by molar-refractivity contribution is -0.173. The van der Waals surface area contributed by atoms with Crippen molar-refractivity contribution in [1.29, 1.82) is 0 Å². The highest BCUT2D eigenvalue weighted by Crippen LogP contribution is 2.65. The van der Waals surface area contributed by atoms with Crippen LogP contribution in [-0.2, 0) is 9.53 Å². The van der Waals surface area contributed by atoms with Crippen molar-refractivity contribution in [3.63, 3.8) is 0 Å². The van der Waals surface area contributed by atoms with Crippen molar-refractivity contribution in [2.45, 2.75) is 38.0 Å². The third-order valence-corrected chi connectivity index (χ3v) is 8.66. The van der Waals surface area contributed by atoms with Crippen LogP contribution in [0.3, 0.4) is 0 Å². The van der Waals surface area contributed by atoms with Gasteiger partial charge < -0.3 is 9.64 Å². The fraction of sp³-hybridized carbons (Fsp3) is 0.387. The number of carbonyl (C=O) groups excluding carboxylic acids is 1. The van der Waals surface area contributed by atoms with Gasteiger partial charge in [0.25, 0.3) is 0 Å². The average Bonchev–Trinajstić information content (AvgIpc) is 2.90. The number of para-hydroxylation sites is 2. The van der Waals surface area contributed by atoms with Crippen LogP contribution in [0.15, 0.2) is 90.1 Å². The molecule has 184 valence electrons. The molecular weight excluding hydrogens is 448 g/mol. The highest BCUT2D eigenvalue weighted by atomic mass is 16.5. The standard InChI is InChI=1S/C31H32N2O3/c34-30(36-15-14-32-35)31-19-22-16-24(20-31)29(25(17-22)21-31)23-8-7-13-28(18-23)33(26-9-3-1-4-10-26)27-11-5-2-6-12-27/h1-13,18,22,24-25,29H,14-17,19-21H2. The van der Waals surface area contributed by atoms with Gasteiger partial charge in [-0.1, -0.05) is 53.7 Å². The minimum Gasteiger partial charge on any atom is -0.463 e. The van der Waals surface area contributed by atoms with E-state index in [1.165, 1.54) is 18.4 Å². The smallest absolute Gasteiger partial charge is 0.312 e. The second kappa shape index (κ2) is 9.53. The Kier molecular flexibility index (Phi) is 6.08. The summed E-state index contributed by atoms with van der Waals surface area (Å²) in [5.41, 5.74) is 4.45. The van der Waals surface area contributed by atoms with Crippen LogP contribution in [0.5, 0.6) is 0 Å². The maximum absolute atomic E-state index is 13.1. The molecule has 0 amide bonds. The molecule has 5 heteroatoms. The van der Waals surface area contributed by atoms with Gasteiger partial charge in [0.1, 0.15) is 13.2 Å². The van der Waals surface area contributed by atoms with Crippen LogP contribution in [0, 0.1) is 28.1 Å². The van der Waals surface area contributed by atoms with Gasteiger partial charge in [-0.15, -0.1) is 0 Å². The van der Waals surface area contributed by atoms with Crippen LogP contribution < -0.4 is 4.90 Å². The number of nitroso groups, excluding NO2 is 1. The summed E-state index contributed by atoms with van der Waals surface area (Å²) in [5, 5.41) is 2.84. The SMILES string of the molecule is O=NCCOC(=O)C12CC3CC(C1)C(c1cccc(N(c4ccccc4)c4ccccc4)c1)C(C3)C2. The molecule has 4 bridgehead atoms. The van der Waals surface area contributed by atoms with Crippen molar-refractivity contribution in [2.24, 2.45) is 28.3 Å². The van der Waals surface area contributed by atoms with Crippen LogP contribution in [0.2, 0.25) is 0 Å². The van der Waals surface area contributed by atoms with E-state index >= 15 is 0 Å². The average molecular weight is 481 g/mol. The largest absolute Gasteiger partial charge is 0.463 e. The Labute approximate surface area is 212 Å². The van der Waals surface area contributed by atoms with E-state index in [2.05, 4.69) is 82.9 Å². The summed E-state index contributed by atoms with van der Waals surface area (Å²) in [7, 11) is 0. The summed E-state index contributed by atoms with van der Waals surface area (Å²) in [6.45, 7) is 0.136. The van der Waals surface area contributed by atoms with E-state index in [-0.39, 0.29) is 24.5 Å². The summed E-state index contributed by atoms with van der Waals surface area (Å²) in [6.07, 6.45) is 5.11. The Morgan fingerprint density at radius 2 is 1.44 bits per heavy atom. The van der Waals surface area contributed by atoms with Gasteiger partial charge in [0.2, 0.25) is 0 Å². The lowest BCUT2D eigenvalue weighted by atomic mass is 9.45. The van der Waals surface area contributed by atoms with Crippen molar-refractivity contribution < 1.29 is 9.53 Å². The molecule has 3 aromatic rings. The molecule has 7 rings (SSSR count). The Morgan fingerprint density at radius 1 is 0.833 bits per heavy atom. The number of carbonyl (C=O) groups is 1. The van der Waals surface area contributed by atoms with E-state index in [0.717, 1.165) is 36.3 Å². The Bertz CT molecular complexity index is 1170. The van der Waals surface area contributed by atoms with Gasteiger partial charge in [-0.3, -0.25) is 4.79 Å². The molecule has 5 nitrogen and oxygen atoms in total. The summed E-state index contributed by atoms with van der Waals surface area (Å²) in [5.74, 6) is 1.95. The number of esters is 1. The van der Waals surface area contributed by atoms with Gasteiger partial charge in [-0.2, -0.15) is 4.91 Å². The minimum absolute atomic E-state index is 0.0346. The lowest BCUT2D eigenvalue weighted by Gasteiger charge is -2.59. The summed E-state index contributed by atoms with van der Waals surface area (Å²) >= 11 is 0. The van der Waals surface area contributed by atoms with Gasteiger partial charge in [0.15, 0.2) is 0 Å². The molecule has 36 heavy (non-hydrogen) atoms. The fourth-order valence-electron chi connectivity index (χ4n) is 7.62. The number of ether oxygens (including phenoxy) is 1. The molecule has 4 aliphatic rings. The molecule has 4 fully saturated rings. The second-order valence-electron chi connectivity index (χ2n) is 10.9. The highest BCUT2D eigenvalue weighted by molar-refractivity contribution is 5.78. The van der Waals surface area contributed by atoms with Crippen LogP contribution in [0.1, 0.15) is 43.6 Å². The van der Waals surface area contributed by atoms with Crippen molar-refractivity contribution in [3.05, 3.63) is 95.4 Å². The molecule has 0 aromatic heterocycles. The molecule has 0 radical (unpaired) electrons. The van der Waals surface area contributed by atoms with Gasteiger partial charge in [0, 0.05) is 17.1 Å². The minimum atomic E-state index is -0.367. The van der Waals surface area contributed by atoms with E-state index < -0.39 is 0 Å². The van der Waals surface area contributed by atoms with E-state index in [0.29, 0.717) is 23.7 Å². The van der Waals surface area contributed by atoms with Gasteiger partial charge in [0.05, 0.1) is 5.41 Å². The molecular formula is C31H32N2O3. The van der Waals surface area contributed by atoms with Crippen LogP contribution in [0.4, 0.5) is 17.1 Å². The summed E-state index contributed by atoms with van der Waals surface area (Å²) < 4.78 is 5.52. The first kappa shape index (κ1) is 23.0. The lowest BCUT2D eigenvalue weighted by Crippen LogP contribution is -2.53. The first-order chi connectivity index (χ1) is 17.7. The number of benzene rings is 3. The van der Waals surface area contributed by atoms with Gasteiger partial charge >= 0.3 is 5.97 Å². The third-order valence-electron chi connectivity index (χ3n) is 8.66. The van der Waals surface area contributed by atoms with Crippen molar-refractivity contribution in [2.75, 3.05) is 18.1 Å². The summed E-state index contributed by atoms with van der Waals surface area (Å²) in [6, 6.07) is 30.1. The number of hydrogen-bond acceptors (Lipinski definition) is 5. The zero-order valence-corrected chi connectivity index (χ0v) is 20.5. The van der Waals surface area contributed by atoms with Gasteiger partial charge in [-0.05, 0) is 97.7 Å². The van der Waals surface area contributed by atoms with E-state index in [4.69, 9.17) is 4.74 Å². The van der Waals surface area contributed by atoms with E-state index in [9.17, 15) is 9.70 Å². The molecule has 0 aliphatic heterocycles. The van der Waals surface area contributed by atoms with E-state index in [1.807, 2.05) is 12.1 Å². The first-order valence-electron chi connectivity index (χ1n) is 13.1. The Balaban J connectivity index is 1.31. The van der Waals surface area contributed by atoms with E-state index in [1.54, 1.807) is 0 Å². The van der Waals surface area contributed by atoms with Crippen LogP contribution in [-0.4, -0.2) is 19.1 Å². The monoisotopic (exact) mass is 480 g/mol. The number of hydrogen-bond donors (Lipinski definition) is 0. The first-order valence-corrected chi connectivity index (χ1v) is 13.1. The maximum Gasteiger partial charge on any atom is 0.312 e. The fourth-order valence-corrected chi connectivity index (χ4v) is 7.62. The molecule has 0 N–H and O–H groups in total. The molecule has 0 heterocycles. The molecule has 2 atom stereocenters. The topological polar surface area (TPSA) is 59.0 Å². The zero-order chi connectivity index (χ0) is 24.5. The number of rotatable bonds is 8. The van der Waals surface area contributed by atoms with Crippen molar-refractivity contribution in [1.82, 2.24) is 0 Å². The highest BCUT2D eigenvalue weighted by Gasteiger charge is 2.59.